The summed E-state index contributed by atoms with van der Waals surface area (Å²) in [6.07, 6.45) is 6.91. The molecule has 0 saturated carbocycles. The predicted octanol–water partition coefficient (Wildman–Crippen LogP) is -0.534. The first-order valence-corrected chi connectivity index (χ1v) is 4.18. The Morgan fingerprint density at radius 3 is 3.00 bits per heavy atom. The minimum Gasteiger partial charge on any atom is -0.266 e. The van der Waals surface area contributed by atoms with Crippen molar-refractivity contribution in [1.82, 2.24) is 4.98 Å². The van der Waals surface area contributed by atoms with E-state index in [1.807, 2.05) is 18.2 Å². The maximum atomic E-state index is 5.13. The van der Waals surface area contributed by atoms with E-state index in [1.54, 1.807) is 6.20 Å². The molecule has 0 aromatic carbocycles. The molecule has 1 rings (SSSR count). The number of terminal acetylenes is 1. The van der Waals surface area contributed by atoms with Crippen LogP contribution in [-0.4, -0.2) is 14.5 Å². The van der Waals surface area contributed by atoms with Gasteiger partial charge in [-0.1, -0.05) is 6.07 Å². The van der Waals surface area contributed by atoms with Gasteiger partial charge >= 0.3 is 0 Å². The summed E-state index contributed by atoms with van der Waals surface area (Å²) in [5, 5.41) is 1.10. The molecule has 9 heavy (non-hydrogen) atoms. The van der Waals surface area contributed by atoms with Gasteiger partial charge in [-0.3, -0.25) is 4.98 Å². The van der Waals surface area contributed by atoms with Crippen molar-refractivity contribution in [2.24, 2.45) is 0 Å². The predicted molar refractivity (Wildman–Crippen MR) is 41.2 cm³/mol. The Morgan fingerprint density at radius 1 is 1.56 bits per heavy atom. The van der Waals surface area contributed by atoms with Crippen molar-refractivity contribution in [3.05, 3.63) is 24.4 Å². The number of rotatable bonds is 1. The van der Waals surface area contributed by atoms with E-state index < -0.39 is 9.52 Å². The van der Waals surface area contributed by atoms with Gasteiger partial charge in [-0.15, -0.1) is 12.0 Å². The second-order valence-electron chi connectivity index (χ2n) is 1.70. The summed E-state index contributed by atoms with van der Waals surface area (Å²) in [7, 11) is -0.484. The molecule has 0 aliphatic carbocycles. The van der Waals surface area contributed by atoms with E-state index in [2.05, 4.69) is 10.5 Å². The first-order chi connectivity index (χ1) is 4.43. The number of pyridine rings is 1. The van der Waals surface area contributed by atoms with Crippen molar-refractivity contribution < 1.29 is 0 Å². The average molecular weight is 133 g/mol. The molecule has 0 fully saturated rings. The fraction of sp³-hybridized carbons (Fsp3) is 0. The van der Waals surface area contributed by atoms with Gasteiger partial charge in [0.15, 0.2) is 9.52 Å². The average Bonchev–Trinajstić information content (AvgIpc) is 1.91. The van der Waals surface area contributed by atoms with Gasteiger partial charge in [-0.05, 0) is 12.1 Å². The van der Waals surface area contributed by atoms with Gasteiger partial charge in [0, 0.05) is 11.5 Å². The van der Waals surface area contributed by atoms with Crippen molar-refractivity contribution in [2.45, 2.75) is 0 Å². The Labute approximate surface area is 57.0 Å². The van der Waals surface area contributed by atoms with Crippen molar-refractivity contribution in [3.8, 4) is 12.0 Å². The fourth-order valence-electron chi connectivity index (χ4n) is 0.607. The van der Waals surface area contributed by atoms with Gasteiger partial charge in [-0.2, -0.15) is 0 Å². The van der Waals surface area contributed by atoms with Crippen LogP contribution in [0.3, 0.4) is 0 Å². The van der Waals surface area contributed by atoms with Crippen LogP contribution in [0.5, 0.6) is 0 Å². The van der Waals surface area contributed by atoms with E-state index in [0.717, 1.165) is 5.32 Å². The molecule has 0 aliphatic rings. The molecule has 1 aromatic rings. The second-order valence-corrected chi connectivity index (χ2v) is 3.19. The van der Waals surface area contributed by atoms with E-state index in [0.29, 0.717) is 0 Å². The summed E-state index contributed by atoms with van der Waals surface area (Å²) in [4.78, 5) is 4.09. The largest absolute Gasteiger partial charge is 0.266 e. The molecule has 1 heterocycles. The van der Waals surface area contributed by atoms with E-state index in [-0.39, 0.29) is 0 Å². The van der Waals surface area contributed by atoms with E-state index in [4.69, 9.17) is 6.42 Å². The molecule has 1 nitrogen and oxygen atoms in total. The Morgan fingerprint density at radius 2 is 2.44 bits per heavy atom. The Hall–Kier alpha value is -1.07. The van der Waals surface area contributed by atoms with Gasteiger partial charge in [0.25, 0.3) is 0 Å². The Kier molecular flexibility index (Phi) is 2.05. The summed E-state index contributed by atoms with van der Waals surface area (Å²) in [6.45, 7) is 0. The molecule has 0 atom stereocenters. The maximum Gasteiger partial charge on any atom is 0.160 e. The van der Waals surface area contributed by atoms with Crippen molar-refractivity contribution >= 4 is 14.8 Å². The number of aromatic nitrogens is 1. The summed E-state index contributed by atoms with van der Waals surface area (Å²) in [6, 6.07) is 5.84. The zero-order chi connectivity index (χ0) is 6.53. The number of nitrogens with zero attached hydrogens (tertiary/aromatic N) is 1. The lowest BCUT2D eigenvalue weighted by Gasteiger charge is -1.87. The van der Waals surface area contributed by atoms with Crippen LogP contribution >= 0.6 is 0 Å². The Balaban J connectivity index is 2.76. The standard InChI is InChI=1S/C7H7NSi/c1-2-9-7-5-3-4-6-8-7/h1,3-6H,9H2. The molecule has 1 aromatic heterocycles. The highest BCUT2D eigenvalue weighted by Crippen LogP contribution is 1.73. The van der Waals surface area contributed by atoms with E-state index in [9.17, 15) is 0 Å². The Bertz CT molecular complexity index is 212. The summed E-state index contributed by atoms with van der Waals surface area (Å²) >= 11 is 0. The van der Waals surface area contributed by atoms with Crippen molar-refractivity contribution in [2.75, 3.05) is 0 Å². The van der Waals surface area contributed by atoms with Gasteiger partial charge in [0.05, 0.1) is 0 Å². The zero-order valence-electron chi connectivity index (χ0n) is 5.04. The van der Waals surface area contributed by atoms with Crippen molar-refractivity contribution in [1.29, 1.82) is 0 Å². The first-order valence-electron chi connectivity index (χ1n) is 2.77. The lowest BCUT2D eigenvalue weighted by molar-refractivity contribution is 1.39. The molecule has 0 saturated heterocycles. The van der Waals surface area contributed by atoms with Crippen LogP contribution in [0.15, 0.2) is 24.4 Å². The number of hydrogen-bond donors (Lipinski definition) is 0. The smallest absolute Gasteiger partial charge is 0.160 e. The summed E-state index contributed by atoms with van der Waals surface area (Å²) < 4.78 is 0. The minimum absolute atomic E-state index is 0.484. The van der Waals surface area contributed by atoms with Crippen LogP contribution in [0.25, 0.3) is 0 Å². The van der Waals surface area contributed by atoms with Gasteiger partial charge in [-0.25, -0.2) is 0 Å². The highest BCUT2D eigenvalue weighted by Gasteiger charge is 1.85. The summed E-state index contributed by atoms with van der Waals surface area (Å²) in [5.74, 6) is 0. The van der Waals surface area contributed by atoms with Crippen LogP contribution in [0, 0.1) is 12.0 Å². The van der Waals surface area contributed by atoms with Gasteiger partial charge in [0.2, 0.25) is 0 Å². The highest BCUT2D eigenvalue weighted by atomic mass is 28.2. The highest BCUT2D eigenvalue weighted by molar-refractivity contribution is 6.60. The van der Waals surface area contributed by atoms with E-state index >= 15 is 0 Å². The molecule has 0 N–H and O–H groups in total. The van der Waals surface area contributed by atoms with Crippen LogP contribution < -0.4 is 5.32 Å². The fourth-order valence-corrected chi connectivity index (χ4v) is 1.27. The SMILES string of the molecule is C#C[SiH2]c1ccccn1. The molecule has 0 amide bonds. The van der Waals surface area contributed by atoms with Crippen LogP contribution in [-0.2, 0) is 0 Å². The first kappa shape index (κ1) is 6.05. The molecule has 2 heteroatoms. The topological polar surface area (TPSA) is 12.9 Å². The normalized spacial score (nSPS) is 9.67. The van der Waals surface area contributed by atoms with Crippen LogP contribution in [0.4, 0.5) is 0 Å². The maximum absolute atomic E-state index is 5.13. The lowest BCUT2D eigenvalue weighted by atomic mass is 10.5. The molecule has 0 radical (unpaired) electrons. The van der Waals surface area contributed by atoms with Crippen LogP contribution in [0.1, 0.15) is 0 Å². The third-order valence-electron chi connectivity index (χ3n) is 1.01. The number of hydrogen-bond acceptors (Lipinski definition) is 1. The molecule has 44 valence electrons. The summed E-state index contributed by atoms with van der Waals surface area (Å²) in [5.41, 5.74) is 2.66. The van der Waals surface area contributed by atoms with Gasteiger partial charge in [0.1, 0.15) is 0 Å². The third-order valence-corrected chi connectivity index (χ3v) is 1.99. The third kappa shape index (κ3) is 1.71. The molecule has 0 unspecified atom stereocenters. The molecular weight excluding hydrogens is 126 g/mol. The quantitative estimate of drug-likeness (QED) is 0.370. The molecule has 0 spiro atoms. The van der Waals surface area contributed by atoms with Crippen molar-refractivity contribution in [3.63, 3.8) is 0 Å². The second kappa shape index (κ2) is 3.05. The molecule has 0 bridgehead atoms. The monoisotopic (exact) mass is 133 g/mol. The lowest BCUT2D eigenvalue weighted by Crippen LogP contribution is -2.15. The molecular formula is C7H7NSi. The zero-order valence-corrected chi connectivity index (χ0v) is 6.46. The molecule has 0 aliphatic heterocycles. The van der Waals surface area contributed by atoms with E-state index in [1.165, 1.54) is 0 Å². The minimum atomic E-state index is -0.484. The van der Waals surface area contributed by atoms with Crippen LogP contribution in [0.2, 0.25) is 0 Å². The van der Waals surface area contributed by atoms with Gasteiger partial charge < -0.3 is 0 Å².